The summed E-state index contributed by atoms with van der Waals surface area (Å²) in [6.45, 7) is 2.75. The first-order valence-corrected chi connectivity index (χ1v) is 9.09. The number of nitrogens with zero attached hydrogens (tertiary/aromatic N) is 2. The minimum absolute atomic E-state index is 0.146. The van der Waals surface area contributed by atoms with Gasteiger partial charge in [0.05, 0.1) is 28.9 Å². The maximum atomic E-state index is 10.6. The molecule has 142 valence electrons. The van der Waals surface area contributed by atoms with Crippen LogP contribution in [0.1, 0.15) is 5.56 Å². The topological polar surface area (TPSA) is 71.4 Å². The van der Waals surface area contributed by atoms with Crippen molar-refractivity contribution in [1.29, 1.82) is 0 Å². The molecule has 1 N–H and O–H groups in total. The van der Waals surface area contributed by atoms with Gasteiger partial charge < -0.3 is 19.5 Å². The number of halogens is 2. The normalized spacial score (nSPS) is 14.5. The van der Waals surface area contributed by atoms with Crippen LogP contribution in [0.25, 0.3) is 0 Å². The lowest BCUT2D eigenvalue weighted by atomic mass is 10.2. The summed E-state index contributed by atoms with van der Waals surface area (Å²) in [6.07, 6.45) is 1.64. The minimum atomic E-state index is -1.10. The number of aliphatic carboxylic acids is 1. The Bertz CT molecular complexity index is 811. The van der Waals surface area contributed by atoms with Gasteiger partial charge in [-0.05, 0) is 42.0 Å². The molecular formula is C19H18Cl2N2O4. The third-order valence-electron chi connectivity index (χ3n) is 3.95. The molecule has 8 heteroatoms. The molecule has 0 amide bonds. The molecule has 0 aliphatic carbocycles. The van der Waals surface area contributed by atoms with Gasteiger partial charge in [0.15, 0.2) is 12.4 Å². The number of carboxylic acids is 1. The highest BCUT2D eigenvalue weighted by atomic mass is 35.5. The SMILES string of the molecule is O=C(O)COc1c(Cl)cc(C=Nc2ccc(N3CCOCC3)cc2)cc1Cl. The highest BCUT2D eigenvalue weighted by Gasteiger charge is 2.12. The zero-order valence-electron chi connectivity index (χ0n) is 14.4. The maximum absolute atomic E-state index is 10.6. The van der Waals surface area contributed by atoms with Gasteiger partial charge in [0.2, 0.25) is 0 Å². The second-order valence-corrected chi connectivity index (χ2v) is 6.68. The highest BCUT2D eigenvalue weighted by molar-refractivity contribution is 6.37. The first-order valence-electron chi connectivity index (χ1n) is 8.33. The van der Waals surface area contributed by atoms with Crippen LogP contribution in [0, 0.1) is 0 Å². The molecule has 27 heavy (non-hydrogen) atoms. The molecule has 0 aromatic heterocycles. The van der Waals surface area contributed by atoms with E-state index in [1.54, 1.807) is 18.3 Å². The lowest BCUT2D eigenvalue weighted by Gasteiger charge is -2.28. The predicted octanol–water partition coefficient (Wildman–Crippen LogP) is 4.04. The Balaban J connectivity index is 1.69. The fourth-order valence-electron chi connectivity index (χ4n) is 2.65. The average molecular weight is 409 g/mol. The summed E-state index contributed by atoms with van der Waals surface area (Å²) in [5.41, 5.74) is 2.62. The third-order valence-corrected chi connectivity index (χ3v) is 4.51. The van der Waals surface area contributed by atoms with E-state index in [0.29, 0.717) is 5.56 Å². The lowest BCUT2D eigenvalue weighted by molar-refractivity contribution is -0.139. The fourth-order valence-corrected chi connectivity index (χ4v) is 3.26. The number of hydrogen-bond donors (Lipinski definition) is 1. The smallest absolute Gasteiger partial charge is 0.341 e. The van der Waals surface area contributed by atoms with E-state index in [1.165, 1.54) is 0 Å². The molecule has 0 unspecified atom stereocenters. The molecule has 3 rings (SSSR count). The van der Waals surface area contributed by atoms with E-state index < -0.39 is 12.6 Å². The molecule has 1 aliphatic rings. The number of hydrogen-bond acceptors (Lipinski definition) is 5. The van der Waals surface area contributed by atoms with E-state index in [9.17, 15) is 4.79 Å². The highest BCUT2D eigenvalue weighted by Crippen LogP contribution is 2.34. The number of benzene rings is 2. The van der Waals surface area contributed by atoms with E-state index in [0.717, 1.165) is 37.7 Å². The molecule has 0 radical (unpaired) electrons. The van der Waals surface area contributed by atoms with Crippen molar-refractivity contribution in [1.82, 2.24) is 0 Å². The molecule has 0 atom stereocenters. The summed E-state index contributed by atoms with van der Waals surface area (Å²) in [6, 6.07) is 11.2. The molecule has 0 spiro atoms. The van der Waals surface area contributed by atoms with Crippen LogP contribution in [0.15, 0.2) is 41.4 Å². The van der Waals surface area contributed by atoms with Crippen molar-refractivity contribution in [3.63, 3.8) is 0 Å². The molecule has 1 heterocycles. The number of ether oxygens (including phenoxy) is 2. The van der Waals surface area contributed by atoms with Crippen LogP contribution in [-0.2, 0) is 9.53 Å². The van der Waals surface area contributed by atoms with E-state index in [1.807, 2.05) is 24.3 Å². The first kappa shape index (κ1) is 19.5. The number of aliphatic imine (C=N–C) groups is 1. The van der Waals surface area contributed by atoms with Gasteiger partial charge in [-0.3, -0.25) is 4.99 Å². The Morgan fingerprint density at radius 2 is 1.81 bits per heavy atom. The molecule has 1 aliphatic heterocycles. The van der Waals surface area contributed by atoms with Gasteiger partial charge in [0, 0.05) is 25.0 Å². The Labute approximate surface area is 166 Å². The van der Waals surface area contributed by atoms with E-state index in [-0.39, 0.29) is 15.8 Å². The van der Waals surface area contributed by atoms with Gasteiger partial charge in [0.25, 0.3) is 0 Å². The molecule has 0 saturated carbocycles. The first-order chi connectivity index (χ1) is 13.0. The quantitative estimate of drug-likeness (QED) is 0.730. The average Bonchev–Trinajstić information content (AvgIpc) is 2.66. The Kier molecular flexibility index (Phi) is 6.55. The van der Waals surface area contributed by atoms with Gasteiger partial charge in [-0.15, -0.1) is 0 Å². The molecule has 0 bridgehead atoms. The Morgan fingerprint density at radius 3 is 2.41 bits per heavy atom. The Hall–Kier alpha value is -2.28. The zero-order chi connectivity index (χ0) is 19.2. The lowest BCUT2D eigenvalue weighted by Crippen LogP contribution is -2.36. The van der Waals surface area contributed by atoms with Gasteiger partial charge in [-0.25, -0.2) is 4.79 Å². The Morgan fingerprint density at radius 1 is 1.19 bits per heavy atom. The number of morpholine rings is 1. The largest absolute Gasteiger partial charge is 0.479 e. The zero-order valence-corrected chi connectivity index (χ0v) is 15.9. The van der Waals surface area contributed by atoms with Crippen LogP contribution in [0.5, 0.6) is 5.75 Å². The van der Waals surface area contributed by atoms with Crippen molar-refractivity contribution in [3.05, 3.63) is 52.0 Å². The third kappa shape index (κ3) is 5.35. The van der Waals surface area contributed by atoms with Crippen LogP contribution < -0.4 is 9.64 Å². The van der Waals surface area contributed by atoms with Crippen molar-refractivity contribution in [3.8, 4) is 5.75 Å². The molecule has 2 aromatic carbocycles. The molecule has 1 fully saturated rings. The number of carboxylic acid groups (broad SMARTS) is 1. The van der Waals surface area contributed by atoms with Crippen LogP contribution in [-0.4, -0.2) is 50.2 Å². The van der Waals surface area contributed by atoms with Crippen molar-refractivity contribution < 1.29 is 19.4 Å². The monoisotopic (exact) mass is 408 g/mol. The fraction of sp³-hybridized carbons (Fsp3) is 0.263. The second kappa shape index (κ2) is 9.08. The number of anilines is 1. The summed E-state index contributed by atoms with van der Waals surface area (Å²) >= 11 is 12.3. The molecule has 2 aromatic rings. The minimum Gasteiger partial charge on any atom is -0.479 e. The summed E-state index contributed by atoms with van der Waals surface area (Å²) < 4.78 is 10.5. The van der Waals surface area contributed by atoms with Crippen LogP contribution in [0.4, 0.5) is 11.4 Å². The number of carbonyl (C=O) groups is 1. The summed E-state index contributed by atoms with van der Waals surface area (Å²) in [4.78, 5) is 17.3. The summed E-state index contributed by atoms with van der Waals surface area (Å²) in [5, 5.41) is 9.14. The maximum Gasteiger partial charge on any atom is 0.341 e. The van der Waals surface area contributed by atoms with E-state index in [2.05, 4.69) is 9.89 Å². The van der Waals surface area contributed by atoms with Crippen LogP contribution in [0.2, 0.25) is 10.0 Å². The van der Waals surface area contributed by atoms with Gasteiger partial charge in [-0.2, -0.15) is 0 Å². The summed E-state index contributed by atoms with van der Waals surface area (Å²) in [5.74, 6) is -0.957. The second-order valence-electron chi connectivity index (χ2n) is 5.87. The van der Waals surface area contributed by atoms with Gasteiger partial charge >= 0.3 is 5.97 Å². The summed E-state index contributed by atoms with van der Waals surface area (Å²) in [7, 11) is 0. The van der Waals surface area contributed by atoms with E-state index >= 15 is 0 Å². The van der Waals surface area contributed by atoms with Crippen LogP contribution in [0.3, 0.4) is 0 Å². The van der Waals surface area contributed by atoms with Crippen molar-refractivity contribution in [2.75, 3.05) is 37.8 Å². The van der Waals surface area contributed by atoms with Crippen molar-refractivity contribution >= 4 is 46.8 Å². The molecule has 1 saturated heterocycles. The van der Waals surface area contributed by atoms with Gasteiger partial charge in [-0.1, -0.05) is 23.2 Å². The standard InChI is InChI=1S/C19H18Cl2N2O4/c20-16-9-13(10-17(21)19(16)27-12-18(24)25)11-22-14-1-3-15(4-2-14)23-5-7-26-8-6-23/h1-4,9-11H,5-8,12H2,(H,24,25). The predicted molar refractivity (Wildman–Crippen MR) is 106 cm³/mol. The molecule has 6 nitrogen and oxygen atoms in total. The van der Waals surface area contributed by atoms with E-state index in [4.69, 9.17) is 37.8 Å². The van der Waals surface area contributed by atoms with Crippen molar-refractivity contribution in [2.45, 2.75) is 0 Å². The number of rotatable bonds is 6. The van der Waals surface area contributed by atoms with Crippen molar-refractivity contribution in [2.24, 2.45) is 4.99 Å². The molecular weight excluding hydrogens is 391 g/mol. The van der Waals surface area contributed by atoms with Crippen LogP contribution >= 0.6 is 23.2 Å². The van der Waals surface area contributed by atoms with Gasteiger partial charge in [0.1, 0.15) is 0 Å².